The molecule has 102 valence electrons. The van der Waals surface area contributed by atoms with E-state index >= 15 is 0 Å². The molecule has 0 amide bonds. The van der Waals surface area contributed by atoms with E-state index in [1.165, 1.54) is 12.1 Å². The third kappa shape index (κ3) is 2.22. The molecule has 0 spiro atoms. The number of fused-ring (bicyclic) bond motifs is 1. The lowest BCUT2D eigenvalue weighted by atomic mass is 10.0. The monoisotopic (exact) mass is 288 g/mol. The summed E-state index contributed by atoms with van der Waals surface area (Å²) in [5, 5.41) is 2.99. The van der Waals surface area contributed by atoms with Crippen molar-refractivity contribution in [1.82, 2.24) is 19.6 Å². The minimum absolute atomic E-state index is 0.227. The Morgan fingerprint density at radius 2 is 1.90 bits per heavy atom. The molecule has 0 radical (unpaired) electrons. The van der Waals surface area contributed by atoms with Crippen molar-refractivity contribution in [3.8, 4) is 0 Å². The molecule has 0 saturated carbocycles. The summed E-state index contributed by atoms with van der Waals surface area (Å²) in [5.41, 5.74) is 4.05. The van der Waals surface area contributed by atoms with E-state index in [4.69, 9.17) is 12.2 Å². The minimum Gasteiger partial charge on any atom is -0.265 e. The highest BCUT2D eigenvalue weighted by Gasteiger charge is 2.11. The molecule has 0 fully saturated rings. The lowest BCUT2D eigenvalue weighted by Gasteiger charge is -2.10. The van der Waals surface area contributed by atoms with Crippen LogP contribution in [0.15, 0.2) is 24.3 Å². The van der Waals surface area contributed by atoms with Crippen LogP contribution in [0, 0.1) is 24.4 Å². The molecule has 3 aromatic rings. The Morgan fingerprint density at radius 1 is 1.20 bits per heavy atom. The van der Waals surface area contributed by atoms with Gasteiger partial charge in [0.15, 0.2) is 0 Å². The van der Waals surface area contributed by atoms with Crippen molar-refractivity contribution in [2.24, 2.45) is 0 Å². The van der Waals surface area contributed by atoms with Crippen molar-refractivity contribution in [2.75, 3.05) is 0 Å². The Labute approximate surface area is 120 Å². The van der Waals surface area contributed by atoms with Crippen LogP contribution >= 0.6 is 12.2 Å². The molecular formula is C14H13FN4S. The van der Waals surface area contributed by atoms with Gasteiger partial charge in [0.1, 0.15) is 5.82 Å². The van der Waals surface area contributed by atoms with Crippen LogP contribution in [0.5, 0.6) is 0 Å². The topological polar surface area (TPSA) is 46.0 Å². The normalized spacial score (nSPS) is 11.2. The molecule has 1 N–H and O–H groups in total. The Balaban J connectivity index is 2.10. The van der Waals surface area contributed by atoms with E-state index in [2.05, 4.69) is 15.1 Å². The van der Waals surface area contributed by atoms with Gasteiger partial charge >= 0.3 is 0 Å². The summed E-state index contributed by atoms with van der Waals surface area (Å²) in [6.07, 6.45) is 0.694. The molecule has 2 heterocycles. The van der Waals surface area contributed by atoms with E-state index in [-0.39, 0.29) is 5.82 Å². The van der Waals surface area contributed by atoms with Crippen molar-refractivity contribution in [1.29, 1.82) is 0 Å². The van der Waals surface area contributed by atoms with Crippen molar-refractivity contribution in [3.63, 3.8) is 0 Å². The molecule has 0 saturated heterocycles. The number of benzene rings is 1. The summed E-state index contributed by atoms with van der Waals surface area (Å²) in [7, 11) is 0. The van der Waals surface area contributed by atoms with Gasteiger partial charge in [-0.25, -0.2) is 13.9 Å². The van der Waals surface area contributed by atoms with Gasteiger partial charge in [0.25, 0.3) is 5.78 Å². The third-order valence-corrected chi connectivity index (χ3v) is 3.56. The van der Waals surface area contributed by atoms with Gasteiger partial charge in [0.05, 0.1) is 0 Å². The van der Waals surface area contributed by atoms with Gasteiger partial charge < -0.3 is 0 Å². The molecule has 3 rings (SSSR count). The third-order valence-electron chi connectivity index (χ3n) is 3.38. The largest absolute Gasteiger partial charge is 0.265 e. The second kappa shape index (κ2) is 4.79. The average Bonchev–Trinajstić information content (AvgIpc) is 2.77. The number of aromatic amines is 1. The standard InChI is InChI=1S/C14H13FN4S/c1-8-12(7-10-3-5-11(15)6-4-10)9(2)19-13(16-8)17-14(20)18-19/h3-6H,7H2,1-2H3,(H,18,20). The summed E-state index contributed by atoms with van der Waals surface area (Å²) in [4.78, 5) is 8.61. The van der Waals surface area contributed by atoms with Crippen LogP contribution in [-0.4, -0.2) is 19.6 Å². The lowest BCUT2D eigenvalue weighted by Crippen LogP contribution is -2.06. The molecule has 0 aliphatic heterocycles. The molecule has 0 bridgehead atoms. The fraction of sp³-hybridized carbons (Fsp3) is 0.214. The maximum absolute atomic E-state index is 13.0. The minimum atomic E-state index is -0.227. The number of rotatable bonds is 2. The lowest BCUT2D eigenvalue weighted by molar-refractivity contribution is 0.627. The molecule has 2 aromatic heterocycles. The van der Waals surface area contributed by atoms with Crippen LogP contribution in [0.1, 0.15) is 22.5 Å². The first-order valence-electron chi connectivity index (χ1n) is 6.24. The molecule has 20 heavy (non-hydrogen) atoms. The average molecular weight is 288 g/mol. The summed E-state index contributed by atoms with van der Waals surface area (Å²) in [6, 6.07) is 6.51. The van der Waals surface area contributed by atoms with Gasteiger partial charge in [-0.2, -0.15) is 4.98 Å². The van der Waals surface area contributed by atoms with Crippen LogP contribution in [0.3, 0.4) is 0 Å². The van der Waals surface area contributed by atoms with E-state index in [0.29, 0.717) is 17.0 Å². The molecular weight excluding hydrogens is 275 g/mol. The highest BCUT2D eigenvalue weighted by atomic mass is 32.1. The number of halogens is 1. The number of aromatic nitrogens is 4. The molecule has 4 nitrogen and oxygen atoms in total. The Morgan fingerprint density at radius 3 is 2.60 bits per heavy atom. The van der Waals surface area contributed by atoms with Crippen LogP contribution in [0.25, 0.3) is 5.78 Å². The predicted octanol–water partition coefficient (Wildman–Crippen LogP) is 3.13. The molecule has 0 aliphatic carbocycles. The summed E-state index contributed by atoms with van der Waals surface area (Å²) in [5.74, 6) is 0.349. The Bertz CT molecular complexity index is 833. The van der Waals surface area contributed by atoms with E-state index in [1.807, 2.05) is 13.8 Å². The van der Waals surface area contributed by atoms with Gasteiger partial charge in [-0.05, 0) is 49.3 Å². The summed E-state index contributed by atoms with van der Waals surface area (Å²) < 4.78 is 15.2. The van der Waals surface area contributed by atoms with E-state index in [0.717, 1.165) is 22.5 Å². The predicted molar refractivity (Wildman–Crippen MR) is 76.9 cm³/mol. The fourth-order valence-electron chi connectivity index (χ4n) is 2.30. The zero-order chi connectivity index (χ0) is 14.3. The number of nitrogens with zero attached hydrogens (tertiary/aromatic N) is 3. The number of aryl methyl sites for hydroxylation is 2. The highest BCUT2D eigenvalue weighted by Crippen LogP contribution is 2.17. The summed E-state index contributed by atoms with van der Waals surface area (Å²) in [6.45, 7) is 3.94. The highest BCUT2D eigenvalue weighted by molar-refractivity contribution is 7.71. The van der Waals surface area contributed by atoms with E-state index < -0.39 is 0 Å². The molecule has 1 aromatic carbocycles. The Kier molecular flexibility index (Phi) is 3.10. The van der Waals surface area contributed by atoms with Gasteiger partial charge in [-0.15, -0.1) is 0 Å². The van der Waals surface area contributed by atoms with Crippen molar-refractivity contribution in [3.05, 3.63) is 57.4 Å². The molecule has 0 aliphatic rings. The SMILES string of the molecule is Cc1nc2nc(=S)[nH]n2c(C)c1Cc1ccc(F)cc1. The number of hydrogen-bond acceptors (Lipinski definition) is 3. The Hall–Kier alpha value is -2.08. The second-order valence-electron chi connectivity index (χ2n) is 4.73. The van der Waals surface area contributed by atoms with Gasteiger partial charge in [-0.3, -0.25) is 5.10 Å². The molecule has 0 unspecified atom stereocenters. The van der Waals surface area contributed by atoms with Gasteiger partial charge in [0, 0.05) is 17.8 Å². The van der Waals surface area contributed by atoms with Crippen LogP contribution < -0.4 is 0 Å². The fourth-order valence-corrected chi connectivity index (χ4v) is 2.47. The summed E-state index contributed by atoms with van der Waals surface area (Å²) >= 11 is 5.03. The maximum atomic E-state index is 13.0. The number of H-pyrrole nitrogens is 1. The van der Waals surface area contributed by atoms with E-state index in [1.54, 1.807) is 16.6 Å². The maximum Gasteiger partial charge on any atom is 0.252 e. The van der Waals surface area contributed by atoms with Crippen LogP contribution in [-0.2, 0) is 6.42 Å². The first-order valence-corrected chi connectivity index (χ1v) is 6.65. The van der Waals surface area contributed by atoms with Crippen LogP contribution in [0.2, 0.25) is 0 Å². The van der Waals surface area contributed by atoms with Gasteiger partial charge in [0.2, 0.25) is 4.77 Å². The van der Waals surface area contributed by atoms with Crippen molar-refractivity contribution >= 4 is 18.0 Å². The van der Waals surface area contributed by atoms with Gasteiger partial charge in [-0.1, -0.05) is 12.1 Å². The number of nitrogens with one attached hydrogen (secondary N) is 1. The second-order valence-corrected chi connectivity index (χ2v) is 5.12. The first kappa shape index (κ1) is 12.9. The van der Waals surface area contributed by atoms with Crippen molar-refractivity contribution < 1.29 is 4.39 Å². The molecule has 0 atom stereocenters. The smallest absolute Gasteiger partial charge is 0.252 e. The van der Waals surface area contributed by atoms with Crippen LogP contribution in [0.4, 0.5) is 4.39 Å². The molecule has 6 heteroatoms. The number of hydrogen-bond donors (Lipinski definition) is 1. The quantitative estimate of drug-likeness (QED) is 0.737. The zero-order valence-corrected chi connectivity index (χ0v) is 12.0. The first-order chi connectivity index (χ1) is 9.54. The zero-order valence-electron chi connectivity index (χ0n) is 11.1. The van der Waals surface area contributed by atoms with E-state index in [9.17, 15) is 4.39 Å². The van der Waals surface area contributed by atoms with Crippen molar-refractivity contribution in [2.45, 2.75) is 20.3 Å².